The molecule has 1 aromatic heterocycles. The van der Waals surface area contributed by atoms with Crippen LogP contribution in [0.3, 0.4) is 0 Å². The first kappa shape index (κ1) is 23.8. The number of nitrogens with one attached hydrogen (secondary N) is 2. The number of aromatic nitrogens is 2. The molecule has 0 unspecified atom stereocenters. The highest BCUT2D eigenvalue weighted by Gasteiger charge is 2.23. The van der Waals surface area contributed by atoms with Crippen LogP contribution in [0.2, 0.25) is 0 Å². The lowest BCUT2D eigenvalue weighted by molar-refractivity contribution is 0.265. The van der Waals surface area contributed by atoms with E-state index in [1.165, 1.54) is 17.7 Å². The molecule has 2 aromatic carbocycles. The summed E-state index contributed by atoms with van der Waals surface area (Å²) in [6, 6.07) is 18.6. The molecule has 0 saturated carbocycles. The van der Waals surface area contributed by atoms with Crippen molar-refractivity contribution in [3.63, 3.8) is 0 Å². The summed E-state index contributed by atoms with van der Waals surface area (Å²) >= 11 is 5.49. The zero-order chi connectivity index (χ0) is 23.9. The maximum absolute atomic E-state index is 13.2. The van der Waals surface area contributed by atoms with Crippen LogP contribution in [0.4, 0.5) is 16.0 Å². The van der Waals surface area contributed by atoms with Gasteiger partial charge in [0.05, 0.1) is 0 Å². The minimum Gasteiger partial charge on any atom is -0.342 e. The van der Waals surface area contributed by atoms with Crippen molar-refractivity contribution in [2.24, 2.45) is 10.9 Å². The van der Waals surface area contributed by atoms with Crippen molar-refractivity contribution in [3.8, 4) is 0 Å². The standard InChI is InChI=1S/C26H29FN6S/c1-18-16-19(2)29-24(28-18)31-25(32-26(34)30-23-10-8-22(27)9-11-23)33-14-12-21(13-15-33)17-20-6-4-3-5-7-20/h3-11,16,21H,12-15,17H2,1-2H3,(H2,28,29,30,31,32,34). The quantitative estimate of drug-likeness (QED) is 0.301. The topological polar surface area (TPSA) is 65.4 Å². The van der Waals surface area contributed by atoms with Gasteiger partial charge in [0.15, 0.2) is 0 Å². The average molecular weight is 477 g/mol. The minimum absolute atomic E-state index is 0.282. The van der Waals surface area contributed by atoms with Crippen molar-refractivity contribution >= 4 is 34.9 Å². The fourth-order valence-electron chi connectivity index (χ4n) is 4.14. The van der Waals surface area contributed by atoms with Crippen LogP contribution in [0, 0.1) is 25.6 Å². The Morgan fingerprint density at radius 3 is 2.29 bits per heavy atom. The molecule has 1 aliphatic heterocycles. The number of benzene rings is 2. The van der Waals surface area contributed by atoms with Crippen molar-refractivity contribution in [1.29, 1.82) is 0 Å². The minimum atomic E-state index is -0.298. The van der Waals surface area contributed by atoms with Gasteiger partial charge in [-0.3, -0.25) is 5.32 Å². The van der Waals surface area contributed by atoms with Gasteiger partial charge < -0.3 is 10.2 Å². The normalized spacial score (nSPS) is 14.7. The number of piperidine rings is 1. The first-order valence-corrected chi connectivity index (χ1v) is 11.9. The van der Waals surface area contributed by atoms with Crippen molar-refractivity contribution < 1.29 is 4.39 Å². The van der Waals surface area contributed by atoms with E-state index in [4.69, 9.17) is 12.2 Å². The molecule has 0 atom stereocenters. The summed E-state index contributed by atoms with van der Waals surface area (Å²) in [6.45, 7) is 5.58. The molecule has 176 valence electrons. The SMILES string of the molecule is Cc1cc(C)nc(N/C(=N/C(=S)Nc2ccc(F)cc2)N2CCC(Cc3ccccc3)CC2)n1. The fraction of sp³-hybridized carbons (Fsp3) is 0.308. The van der Waals surface area contributed by atoms with Crippen molar-refractivity contribution in [3.05, 3.63) is 83.4 Å². The monoisotopic (exact) mass is 476 g/mol. The molecule has 2 heterocycles. The average Bonchev–Trinajstić information content (AvgIpc) is 2.81. The maximum atomic E-state index is 13.2. The third kappa shape index (κ3) is 6.81. The van der Waals surface area contributed by atoms with Crippen LogP contribution >= 0.6 is 12.2 Å². The number of rotatable bonds is 4. The molecular weight excluding hydrogens is 447 g/mol. The van der Waals surface area contributed by atoms with E-state index >= 15 is 0 Å². The van der Waals surface area contributed by atoms with E-state index in [0.717, 1.165) is 43.7 Å². The molecule has 3 aromatic rings. The molecule has 8 heteroatoms. The van der Waals surface area contributed by atoms with Crippen LogP contribution in [-0.4, -0.2) is 39.0 Å². The number of hydrogen-bond donors (Lipinski definition) is 2. The molecule has 0 spiro atoms. The van der Waals surface area contributed by atoms with E-state index in [0.29, 0.717) is 23.5 Å². The first-order chi connectivity index (χ1) is 16.4. The Labute approximate surface area is 205 Å². The van der Waals surface area contributed by atoms with Crippen LogP contribution < -0.4 is 10.6 Å². The number of aliphatic imine (C=N–C) groups is 1. The van der Waals surface area contributed by atoms with Gasteiger partial charge in [-0.05, 0) is 87.1 Å². The van der Waals surface area contributed by atoms with Crippen LogP contribution in [0.15, 0.2) is 65.7 Å². The number of hydrogen-bond acceptors (Lipinski definition) is 3. The Hall–Kier alpha value is -3.39. The Balaban J connectivity index is 1.48. The Kier molecular flexibility index (Phi) is 7.80. The predicted octanol–water partition coefficient (Wildman–Crippen LogP) is 5.35. The van der Waals surface area contributed by atoms with Crippen molar-refractivity contribution in [2.75, 3.05) is 23.7 Å². The van der Waals surface area contributed by atoms with Gasteiger partial charge in [0, 0.05) is 30.2 Å². The zero-order valence-corrected chi connectivity index (χ0v) is 20.3. The van der Waals surface area contributed by atoms with Crippen molar-refractivity contribution in [2.45, 2.75) is 33.1 Å². The van der Waals surface area contributed by atoms with Crippen LogP contribution in [-0.2, 0) is 6.42 Å². The number of thiocarbonyl (C=S) groups is 1. The van der Waals surface area contributed by atoms with Gasteiger partial charge in [-0.15, -0.1) is 0 Å². The second kappa shape index (κ2) is 11.2. The van der Waals surface area contributed by atoms with Gasteiger partial charge in [-0.2, -0.15) is 4.99 Å². The van der Waals surface area contributed by atoms with Gasteiger partial charge >= 0.3 is 0 Å². The first-order valence-electron chi connectivity index (χ1n) is 11.5. The van der Waals surface area contributed by atoms with Crippen LogP contribution in [0.25, 0.3) is 0 Å². The lowest BCUT2D eigenvalue weighted by Crippen LogP contribution is -2.43. The van der Waals surface area contributed by atoms with Gasteiger partial charge in [-0.25, -0.2) is 14.4 Å². The molecule has 6 nitrogen and oxygen atoms in total. The lowest BCUT2D eigenvalue weighted by atomic mass is 9.90. The third-order valence-corrected chi connectivity index (χ3v) is 5.98. The highest BCUT2D eigenvalue weighted by molar-refractivity contribution is 7.80. The van der Waals surface area contributed by atoms with Gasteiger partial charge in [0.1, 0.15) is 5.82 Å². The van der Waals surface area contributed by atoms with E-state index in [1.54, 1.807) is 12.1 Å². The number of likely N-dealkylation sites (tertiary alicyclic amines) is 1. The second-order valence-corrected chi connectivity index (χ2v) is 8.98. The Morgan fingerprint density at radius 2 is 1.65 bits per heavy atom. The maximum Gasteiger partial charge on any atom is 0.229 e. The van der Waals surface area contributed by atoms with E-state index in [-0.39, 0.29) is 10.9 Å². The third-order valence-electron chi connectivity index (χ3n) is 5.79. The Morgan fingerprint density at radius 1 is 1.00 bits per heavy atom. The molecule has 1 saturated heterocycles. The van der Waals surface area contributed by atoms with E-state index in [9.17, 15) is 4.39 Å². The molecule has 0 aliphatic carbocycles. The van der Waals surface area contributed by atoms with Gasteiger partial charge in [0.25, 0.3) is 0 Å². The molecule has 4 rings (SSSR count). The summed E-state index contributed by atoms with van der Waals surface area (Å²) in [5, 5.41) is 6.63. The molecule has 1 aliphatic rings. The summed E-state index contributed by atoms with van der Waals surface area (Å²) in [7, 11) is 0. The number of nitrogens with zero attached hydrogens (tertiary/aromatic N) is 4. The number of anilines is 2. The van der Waals surface area contributed by atoms with E-state index in [2.05, 4.69) is 60.8 Å². The summed E-state index contributed by atoms with van der Waals surface area (Å²) in [5.74, 6) is 1.43. The Bertz CT molecular complexity index is 1120. The molecule has 0 bridgehead atoms. The number of aryl methyl sites for hydroxylation is 2. The fourth-order valence-corrected chi connectivity index (χ4v) is 4.34. The van der Waals surface area contributed by atoms with E-state index < -0.39 is 0 Å². The van der Waals surface area contributed by atoms with Gasteiger partial charge in [-0.1, -0.05) is 30.3 Å². The zero-order valence-electron chi connectivity index (χ0n) is 19.5. The highest BCUT2D eigenvalue weighted by Crippen LogP contribution is 2.22. The van der Waals surface area contributed by atoms with Crippen molar-refractivity contribution in [1.82, 2.24) is 14.9 Å². The molecular formula is C26H29FN6S. The van der Waals surface area contributed by atoms with Gasteiger partial charge in [0.2, 0.25) is 17.0 Å². The van der Waals surface area contributed by atoms with E-state index in [1.807, 2.05) is 19.9 Å². The smallest absolute Gasteiger partial charge is 0.229 e. The molecule has 34 heavy (non-hydrogen) atoms. The van der Waals surface area contributed by atoms with Crippen LogP contribution in [0.5, 0.6) is 0 Å². The summed E-state index contributed by atoms with van der Waals surface area (Å²) in [4.78, 5) is 15.9. The predicted molar refractivity (Wildman–Crippen MR) is 140 cm³/mol. The summed E-state index contributed by atoms with van der Waals surface area (Å²) in [6.07, 6.45) is 3.20. The molecule has 0 radical (unpaired) electrons. The number of guanidine groups is 1. The van der Waals surface area contributed by atoms with Crippen LogP contribution in [0.1, 0.15) is 29.8 Å². The number of halogens is 1. The highest BCUT2D eigenvalue weighted by atomic mass is 32.1. The summed E-state index contributed by atoms with van der Waals surface area (Å²) in [5.41, 5.74) is 3.81. The lowest BCUT2D eigenvalue weighted by Gasteiger charge is -2.34. The second-order valence-electron chi connectivity index (χ2n) is 8.59. The molecule has 1 fully saturated rings. The molecule has 0 amide bonds. The molecule has 2 N–H and O–H groups in total. The summed E-state index contributed by atoms with van der Waals surface area (Å²) < 4.78 is 13.2. The largest absolute Gasteiger partial charge is 0.342 e.